The van der Waals surface area contributed by atoms with Gasteiger partial charge in [0, 0.05) is 37.0 Å². The van der Waals surface area contributed by atoms with Gasteiger partial charge in [0.05, 0.1) is 18.2 Å². The Balaban J connectivity index is 1.74. The standard InChI is InChI=1S/C16H19N3O2/c17-5-1-2-11-6-13(8-18-7-11)16(21)19-9-12-3-4-15(20)14(12)10-19/h6-8,12,14-15,20H,3-5,9-10,17H2. The first-order valence-corrected chi connectivity index (χ1v) is 7.30. The molecule has 3 unspecified atom stereocenters. The molecule has 1 aromatic rings. The van der Waals surface area contributed by atoms with Gasteiger partial charge in [-0.05, 0) is 24.8 Å². The third kappa shape index (κ3) is 2.78. The van der Waals surface area contributed by atoms with Crippen molar-refractivity contribution in [2.45, 2.75) is 18.9 Å². The van der Waals surface area contributed by atoms with Crippen molar-refractivity contribution < 1.29 is 9.90 Å². The maximum atomic E-state index is 12.5. The Labute approximate surface area is 124 Å². The summed E-state index contributed by atoms with van der Waals surface area (Å²) in [4.78, 5) is 18.4. The fourth-order valence-electron chi connectivity index (χ4n) is 3.36. The molecule has 3 N–H and O–H groups in total. The van der Waals surface area contributed by atoms with Crippen molar-refractivity contribution in [2.75, 3.05) is 19.6 Å². The third-order valence-corrected chi connectivity index (χ3v) is 4.43. The van der Waals surface area contributed by atoms with Gasteiger partial charge in [0.15, 0.2) is 0 Å². The number of aromatic nitrogens is 1. The molecule has 5 nitrogen and oxygen atoms in total. The van der Waals surface area contributed by atoms with Gasteiger partial charge < -0.3 is 15.7 Å². The van der Waals surface area contributed by atoms with Gasteiger partial charge in [0.1, 0.15) is 0 Å². The molecule has 1 saturated heterocycles. The van der Waals surface area contributed by atoms with Crippen LogP contribution in [0.3, 0.4) is 0 Å². The molecule has 1 amide bonds. The number of carbonyl (C=O) groups excluding carboxylic acids is 1. The molecule has 3 rings (SSSR count). The number of pyridine rings is 1. The van der Waals surface area contributed by atoms with Crippen LogP contribution in [0.25, 0.3) is 0 Å². The van der Waals surface area contributed by atoms with E-state index in [9.17, 15) is 9.90 Å². The number of nitrogens with zero attached hydrogens (tertiary/aromatic N) is 2. The summed E-state index contributed by atoms with van der Waals surface area (Å²) < 4.78 is 0. The summed E-state index contributed by atoms with van der Waals surface area (Å²) in [7, 11) is 0. The number of hydrogen-bond donors (Lipinski definition) is 2. The number of nitrogens with two attached hydrogens (primary N) is 1. The predicted molar refractivity (Wildman–Crippen MR) is 78.3 cm³/mol. The Morgan fingerprint density at radius 3 is 3.05 bits per heavy atom. The quantitative estimate of drug-likeness (QED) is 0.724. The lowest BCUT2D eigenvalue weighted by atomic mass is 10.00. The zero-order valence-corrected chi connectivity index (χ0v) is 11.8. The van der Waals surface area contributed by atoms with Crippen molar-refractivity contribution in [1.82, 2.24) is 9.88 Å². The van der Waals surface area contributed by atoms with Crippen LogP contribution in [0, 0.1) is 23.7 Å². The van der Waals surface area contributed by atoms with Gasteiger partial charge in [-0.1, -0.05) is 11.8 Å². The summed E-state index contributed by atoms with van der Waals surface area (Å²) in [5.74, 6) is 6.30. The van der Waals surface area contributed by atoms with Crippen LogP contribution in [0.1, 0.15) is 28.8 Å². The second-order valence-corrected chi connectivity index (χ2v) is 5.75. The minimum absolute atomic E-state index is 0.0273. The highest BCUT2D eigenvalue weighted by molar-refractivity contribution is 5.94. The summed E-state index contributed by atoms with van der Waals surface area (Å²) in [6.45, 7) is 1.66. The lowest BCUT2D eigenvalue weighted by Gasteiger charge is -2.18. The van der Waals surface area contributed by atoms with Crippen LogP contribution >= 0.6 is 0 Å². The average molecular weight is 285 g/mol. The number of rotatable bonds is 1. The molecular weight excluding hydrogens is 266 g/mol. The van der Waals surface area contributed by atoms with Crippen LogP contribution in [-0.2, 0) is 0 Å². The molecule has 1 aliphatic heterocycles. The fourth-order valence-corrected chi connectivity index (χ4v) is 3.36. The topological polar surface area (TPSA) is 79.5 Å². The third-order valence-electron chi connectivity index (χ3n) is 4.43. The van der Waals surface area contributed by atoms with E-state index in [4.69, 9.17) is 5.73 Å². The van der Waals surface area contributed by atoms with Crippen LogP contribution in [-0.4, -0.2) is 46.6 Å². The maximum Gasteiger partial charge on any atom is 0.255 e. The molecule has 2 aliphatic rings. The highest BCUT2D eigenvalue weighted by Crippen LogP contribution is 2.38. The van der Waals surface area contributed by atoms with Crippen molar-refractivity contribution in [1.29, 1.82) is 0 Å². The highest BCUT2D eigenvalue weighted by atomic mass is 16.3. The van der Waals surface area contributed by atoms with E-state index in [0.717, 1.165) is 19.4 Å². The molecule has 3 atom stereocenters. The summed E-state index contributed by atoms with van der Waals surface area (Å²) in [5, 5.41) is 9.93. The van der Waals surface area contributed by atoms with Gasteiger partial charge in [-0.15, -0.1) is 0 Å². The van der Waals surface area contributed by atoms with Gasteiger partial charge in [-0.25, -0.2) is 0 Å². The smallest absolute Gasteiger partial charge is 0.255 e. The van der Waals surface area contributed by atoms with Crippen molar-refractivity contribution >= 4 is 5.91 Å². The van der Waals surface area contributed by atoms with E-state index in [-0.39, 0.29) is 24.5 Å². The lowest BCUT2D eigenvalue weighted by molar-refractivity contribution is 0.0752. The largest absolute Gasteiger partial charge is 0.393 e. The molecule has 5 heteroatoms. The van der Waals surface area contributed by atoms with Crippen LogP contribution < -0.4 is 5.73 Å². The van der Waals surface area contributed by atoms with E-state index >= 15 is 0 Å². The van der Waals surface area contributed by atoms with Gasteiger partial charge >= 0.3 is 0 Å². The second-order valence-electron chi connectivity index (χ2n) is 5.75. The lowest BCUT2D eigenvalue weighted by Crippen LogP contribution is -2.31. The minimum atomic E-state index is -0.257. The Hall–Kier alpha value is -1.90. The number of carbonyl (C=O) groups is 1. The van der Waals surface area contributed by atoms with Crippen LogP contribution in [0.5, 0.6) is 0 Å². The fraction of sp³-hybridized carbons (Fsp3) is 0.500. The molecule has 2 heterocycles. The summed E-state index contributed by atoms with van der Waals surface area (Å²) in [6.07, 6.45) is 4.81. The van der Waals surface area contributed by atoms with E-state index in [1.54, 1.807) is 18.5 Å². The molecule has 0 aromatic carbocycles. The van der Waals surface area contributed by atoms with Crippen molar-refractivity contribution in [3.63, 3.8) is 0 Å². The predicted octanol–water partition coefficient (Wildman–Crippen LogP) is 0.235. The Kier molecular flexibility index (Phi) is 3.91. The first kappa shape index (κ1) is 14.1. The zero-order chi connectivity index (χ0) is 14.8. The van der Waals surface area contributed by atoms with E-state index in [0.29, 0.717) is 23.6 Å². The number of aliphatic hydroxyl groups is 1. The first-order chi connectivity index (χ1) is 10.2. The summed E-state index contributed by atoms with van der Waals surface area (Å²) in [6, 6.07) is 1.75. The van der Waals surface area contributed by atoms with Crippen molar-refractivity contribution in [2.24, 2.45) is 17.6 Å². The monoisotopic (exact) mass is 285 g/mol. The molecule has 1 aromatic heterocycles. The number of amides is 1. The van der Waals surface area contributed by atoms with Gasteiger partial charge in [-0.2, -0.15) is 0 Å². The van der Waals surface area contributed by atoms with E-state index in [1.807, 2.05) is 4.90 Å². The number of hydrogen-bond acceptors (Lipinski definition) is 4. The molecule has 110 valence electrons. The normalized spacial score (nSPS) is 27.1. The Morgan fingerprint density at radius 2 is 2.29 bits per heavy atom. The number of likely N-dealkylation sites (tertiary alicyclic amines) is 1. The molecular formula is C16H19N3O2. The van der Waals surface area contributed by atoms with Gasteiger partial charge in [0.2, 0.25) is 0 Å². The molecule has 0 radical (unpaired) electrons. The SMILES string of the molecule is NCC#Cc1cncc(C(=O)N2CC3CCC(O)C3C2)c1. The Bertz CT molecular complexity index is 605. The molecule has 21 heavy (non-hydrogen) atoms. The molecule has 0 bridgehead atoms. The maximum absolute atomic E-state index is 12.5. The number of aliphatic hydroxyl groups excluding tert-OH is 1. The van der Waals surface area contributed by atoms with Crippen molar-refractivity contribution in [3.05, 3.63) is 29.6 Å². The zero-order valence-electron chi connectivity index (χ0n) is 11.8. The average Bonchev–Trinajstić information content (AvgIpc) is 3.07. The number of fused-ring (bicyclic) bond motifs is 1. The molecule has 2 fully saturated rings. The van der Waals surface area contributed by atoms with Gasteiger partial charge in [-0.3, -0.25) is 9.78 Å². The van der Waals surface area contributed by atoms with Crippen LogP contribution in [0.15, 0.2) is 18.5 Å². The van der Waals surface area contributed by atoms with E-state index < -0.39 is 0 Å². The summed E-state index contributed by atoms with van der Waals surface area (Å²) >= 11 is 0. The van der Waals surface area contributed by atoms with Crippen molar-refractivity contribution in [3.8, 4) is 11.8 Å². The van der Waals surface area contributed by atoms with E-state index in [2.05, 4.69) is 16.8 Å². The molecule has 1 aliphatic carbocycles. The minimum Gasteiger partial charge on any atom is -0.393 e. The van der Waals surface area contributed by atoms with Gasteiger partial charge in [0.25, 0.3) is 5.91 Å². The first-order valence-electron chi connectivity index (χ1n) is 7.30. The molecule has 1 saturated carbocycles. The second kappa shape index (κ2) is 5.84. The Morgan fingerprint density at radius 1 is 1.43 bits per heavy atom. The van der Waals surface area contributed by atoms with E-state index in [1.165, 1.54) is 0 Å². The highest BCUT2D eigenvalue weighted by Gasteiger charge is 2.43. The van der Waals surface area contributed by atoms with Crippen LogP contribution in [0.4, 0.5) is 0 Å². The summed E-state index contributed by atoms with van der Waals surface area (Å²) in [5.41, 5.74) is 6.60. The van der Waals surface area contributed by atoms with Crippen LogP contribution in [0.2, 0.25) is 0 Å². The molecule has 0 spiro atoms.